The molecule has 3 amide bonds. The first-order valence-electron chi connectivity index (χ1n) is 14.7. The summed E-state index contributed by atoms with van der Waals surface area (Å²) in [6.07, 6.45) is 1.50. The van der Waals surface area contributed by atoms with Crippen LogP contribution in [0.1, 0.15) is 44.0 Å². The van der Waals surface area contributed by atoms with Crippen LogP contribution < -0.4 is 16.0 Å². The second kappa shape index (κ2) is 16.0. The molecule has 0 unspecified atom stereocenters. The summed E-state index contributed by atoms with van der Waals surface area (Å²) in [6, 6.07) is 35.6. The van der Waals surface area contributed by atoms with Crippen LogP contribution in [-0.2, 0) is 9.59 Å². The van der Waals surface area contributed by atoms with Gasteiger partial charge >= 0.3 is 0 Å². The maximum Gasteiger partial charge on any atom is 0.272 e. The Labute approximate surface area is 289 Å². The summed E-state index contributed by atoms with van der Waals surface area (Å²) in [5, 5.41) is 7.67. The predicted molar refractivity (Wildman–Crippen MR) is 191 cm³/mol. The van der Waals surface area contributed by atoms with Crippen molar-refractivity contribution >= 4 is 68.6 Å². The highest BCUT2D eigenvalue weighted by atomic mass is 79.9. The second-order valence-electron chi connectivity index (χ2n) is 10.6. The van der Waals surface area contributed by atoms with Crippen molar-refractivity contribution in [3.8, 4) is 0 Å². The van der Waals surface area contributed by atoms with Gasteiger partial charge in [0.2, 0.25) is 5.91 Å². The van der Waals surface area contributed by atoms with Gasteiger partial charge in [0.1, 0.15) is 16.8 Å². The molecule has 5 aromatic rings. The number of benzene rings is 5. The van der Waals surface area contributed by atoms with Crippen molar-refractivity contribution in [1.82, 2.24) is 5.32 Å². The Morgan fingerprint density at radius 3 is 1.98 bits per heavy atom. The van der Waals surface area contributed by atoms with Gasteiger partial charge < -0.3 is 16.0 Å². The van der Waals surface area contributed by atoms with Crippen LogP contribution in [0.15, 0.2) is 142 Å². The fourth-order valence-electron chi connectivity index (χ4n) is 4.57. The average molecular weight is 723 g/mol. The Morgan fingerprint density at radius 1 is 0.729 bits per heavy atom. The molecule has 0 heterocycles. The SMILES string of the molecule is CC(=O)c1ccc(NC(=O)[C@@H](Sc2ccc(NC(=O)/C(=C\c3ccc(Br)cc3)NC(=O)c3ccccc3F)cc2)c2ccccc2)cc1. The molecular formula is C38H29BrFN3O4S. The number of Topliss-reactive ketones (excluding diaryl/α,β-unsaturated/α-hetero) is 1. The molecule has 0 saturated heterocycles. The Balaban J connectivity index is 1.32. The van der Waals surface area contributed by atoms with Gasteiger partial charge in [0.05, 0.1) is 5.56 Å². The first-order chi connectivity index (χ1) is 23.2. The molecule has 10 heteroatoms. The van der Waals surface area contributed by atoms with E-state index in [0.29, 0.717) is 22.5 Å². The highest BCUT2D eigenvalue weighted by Crippen LogP contribution is 2.37. The molecule has 0 radical (unpaired) electrons. The smallest absolute Gasteiger partial charge is 0.272 e. The monoisotopic (exact) mass is 721 g/mol. The van der Waals surface area contributed by atoms with Crippen molar-refractivity contribution in [2.24, 2.45) is 0 Å². The van der Waals surface area contributed by atoms with E-state index in [1.807, 2.05) is 30.3 Å². The lowest BCUT2D eigenvalue weighted by molar-refractivity contribution is -0.116. The van der Waals surface area contributed by atoms with Gasteiger partial charge in [-0.1, -0.05) is 70.5 Å². The van der Waals surface area contributed by atoms with Crippen LogP contribution in [0.4, 0.5) is 15.8 Å². The van der Waals surface area contributed by atoms with Crippen LogP contribution in [0.5, 0.6) is 0 Å². The van der Waals surface area contributed by atoms with Crippen LogP contribution in [0.25, 0.3) is 6.08 Å². The van der Waals surface area contributed by atoms with E-state index in [-0.39, 0.29) is 23.0 Å². The number of rotatable bonds is 11. The number of thioether (sulfide) groups is 1. The number of halogens is 2. The lowest BCUT2D eigenvalue weighted by atomic mass is 10.1. The Bertz CT molecular complexity index is 1970. The first kappa shape index (κ1) is 34.0. The van der Waals surface area contributed by atoms with E-state index in [0.717, 1.165) is 14.9 Å². The maximum atomic E-state index is 14.3. The minimum Gasteiger partial charge on any atom is -0.325 e. The van der Waals surface area contributed by atoms with Crippen molar-refractivity contribution in [3.05, 3.63) is 166 Å². The molecule has 5 rings (SSSR count). The second-order valence-corrected chi connectivity index (χ2v) is 12.6. The van der Waals surface area contributed by atoms with E-state index in [4.69, 9.17) is 0 Å². The number of carbonyl (C=O) groups excluding carboxylic acids is 4. The molecular weight excluding hydrogens is 693 g/mol. The summed E-state index contributed by atoms with van der Waals surface area (Å²) in [7, 11) is 0. The van der Waals surface area contributed by atoms with Gasteiger partial charge in [-0.2, -0.15) is 0 Å². The zero-order valence-electron chi connectivity index (χ0n) is 25.6. The summed E-state index contributed by atoms with van der Waals surface area (Å²) < 4.78 is 15.2. The number of anilines is 2. The minimum absolute atomic E-state index is 0.0607. The molecule has 240 valence electrons. The van der Waals surface area contributed by atoms with E-state index < -0.39 is 22.9 Å². The van der Waals surface area contributed by atoms with Gasteiger partial charge in [-0.3, -0.25) is 19.2 Å². The molecule has 0 aliphatic rings. The summed E-state index contributed by atoms with van der Waals surface area (Å²) >= 11 is 4.72. The van der Waals surface area contributed by atoms with Crippen LogP contribution in [0, 0.1) is 5.82 Å². The molecule has 0 aliphatic heterocycles. The molecule has 0 spiro atoms. The quantitative estimate of drug-likeness (QED) is 0.0720. The zero-order valence-corrected chi connectivity index (χ0v) is 28.0. The van der Waals surface area contributed by atoms with Crippen molar-refractivity contribution < 1.29 is 23.6 Å². The largest absolute Gasteiger partial charge is 0.325 e. The van der Waals surface area contributed by atoms with E-state index in [9.17, 15) is 23.6 Å². The van der Waals surface area contributed by atoms with Gasteiger partial charge in [0, 0.05) is 26.3 Å². The van der Waals surface area contributed by atoms with Crippen LogP contribution in [0.3, 0.4) is 0 Å². The van der Waals surface area contributed by atoms with Crippen LogP contribution in [0.2, 0.25) is 0 Å². The van der Waals surface area contributed by atoms with E-state index in [2.05, 4.69) is 31.9 Å². The number of hydrogen-bond acceptors (Lipinski definition) is 5. The Kier molecular flexibility index (Phi) is 11.3. The third-order valence-corrected chi connectivity index (χ3v) is 8.85. The molecule has 0 aliphatic carbocycles. The fourth-order valence-corrected chi connectivity index (χ4v) is 5.86. The lowest BCUT2D eigenvalue weighted by Gasteiger charge is -2.18. The molecule has 0 bridgehead atoms. The molecule has 7 nitrogen and oxygen atoms in total. The molecule has 48 heavy (non-hydrogen) atoms. The standard InChI is InChI=1S/C38H29BrFN3O4S/c1-24(44)26-13-17-29(18-14-26)42-38(47)35(27-7-3-2-4-8-27)48-31-21-19-30(20-22-31)41-37(46)34(23-25-11-15-28(39)16-12-25)43-36(45)32-9-5-6-10-33(32)40/h2-23,35H,1H3,(H,41,46)(H,42,47)(H,43,45)/b34-23+/t35-/m0/s1. The highest BCUT2D eigenvalue weighted by molar-refractivity contribution is 9.10. The fraction of sp³-hybridized carbons (Fsp3) is 0.0526. The third kappa shape index (κ3) is 9.15. The summed E-state index contributed by atoms with van der Waals surface area (Å²) in [5.74, 6) is -2.39. The Hall–Kier alpha value is -5.32. The minimum atomic E-state index is -0.765. The predicted octanol–water partition coefficient (Wildman–Crippen LogP) is 8.67. The average Bonchev–Trinajstić information content (AvgIpc) is 3.09. The molecule has 0 fully saturated rings. The molecule has 0 saturated carbocycles. The van der Waals surface area contributed by atoms with E-state index >= 15 is 0 Å². The zero-order chi connectivity index (χ0) is 34.0. The third-order valence-electron chi connectivity index (χ3n) is 7.06. The van der Waals surface area contributed by atoms with E-state index in [1.165, 1.54) is 49.0 Å². The van der Waals surface area contributed by atoms with Crippen LogP contribution >= 0.6 is 27.7 Å². The molecule has 3 N–H and O–H groups in total. The molecule has 0 aromatic heterocycles. The van der Waals surface area contributed by atoms with Crippen molar-refractivity contribution in [2.45, 2.75) is 17.1 Å². The summed E-state index contributed by atoms with van der Waals surface area (Å²) in [5.41, 5.74) is 2.73. The van der Waals surface area contributed by atoms with E-state index in [1.54, 1.807) is 72.8 Å². The van der Waals surface area contributed by atoms with Crippen molar-refractivity contribution in [3.63, 3.8) is 0 Å². The van der Waals surface area contributed by atoms with Gasteiger partial charge in [0.15, 0.2) is 5.78 Å². The maximum absolute atomic E-state index is 14.3. The van der Waals surface area contributed by atoms with Gasteiger partial charge in [-0.15, -0.1) is 11.8 Å². The topological polar surface area (TPSA) is 104 Å². The number of hydrogen-bond donors (Lipinski definition) is 3. The summed E-state index contributed by atoms with van der Waals surface area (Å²) in [6.45, 7) is 1.48. The van der Waals surface area contributed by atoms with Crippen molar-refractivity contribution in [2.75, 3.05) is 10.6 Å². The number of amides is 3. The summed E-state index contributed by atoms with van der Waals surface area (Å²) in [4.78, 5) is 52.2. The number of carbonyl (C=O) groups is 4. The lowest BCUT2D eigenvalue weighted by Crippen LogP contribution is -2.31. The van der Waals surface area contributed by atoms with Crippen LogP contribution in [-0.4, -0.2) is 23.5 Å². The number of ketones is 1. The van der Waals surface area contributed by atoms with Gasteiger partial charge in [-0.25, -0.2) is 4.39 Å². The van der Waals surface area contributed by atoms with Gasteiger partial charge in [0.25, 0.3) is 11.8 Å². The molecule has 1 atom stereocenters. The first-order valence-corrected chi connectivity index (χ1v) is 16.4. The Morgan fingerprint density at radius 2 is 1.33 bits per heavy atom. The van der Waals surface area contributed by atoms with Crippen molar-refractivity contribution in [1.29, 1.82) is 0 Å². The molecule has 5 aromatic carbocycles. The highest BCUT2D eigenvalue weighted by Gasteiger charge is 2.23. The van der Waals surface area contributed by atoms with Gasteiger partial charge in [-0.05, 0) is 96.9 Å². The number of nitrogens with one attached hydrogen (secondary N) is 3. The normalized spacial score (nSPS) is 11.7.